The lowest BCUT2D eigenvalue weighted by Gasteiger charge is -2.23. The molecule has 0 aliphatic carbocycles. The molecule has 3 unspecified atom stereocenters. The van der Waals surface area contributed by atoms with E-state index in [-0.39, 0.29) is 6.61 Å². The molecule has 0 saturated carbocycles. The highest BCUT2D eigenvalue weighted by Gasteiger charge is 2.23. The molecule has 0 saturated heterocycles. The molecule has 0 rings (SSSR count). The number of amides is 1. The zero-order valence-corrected chi connectivity index (χ0v) is 34.8. The molecule has 306 valence electrons. The van der Waals surface area contributed by atoms with Crippen LogP contribution in [-0.4, -0.2) is 46.1 Å². The fourth-order valence-corrected chi connectivity index (χ4v) is 7.55. The molecule has 1 amide bonds. The van der Waals surface area contributed by atoms with Crippen molar-refractivity contribution in [2.24, 2.45) is 0 Å². The lowest BCUT2D eigenvalue weighted by molar-refractivity contribution is -0.131. The van der Waals surface area contributed by atoms with Crippen LogP contribution in [0.15, 0.2) is 0 Å². The van der Waals surface area contributed by atoms with Gasteiger partial charge < -0.3 is 20.6 Å². The summed E-state index contributed by atoms with van der Waals surface area (Å²) in [6.07, 6.45) is 48.3. The number of nitrogens with one attached hydrogen (secondary N) is 1. The molecule has 0 aromatic heterocycles. The van der Waals surface area contributed by atoms with Crippen molar-refractivity contribution < 1.29 is 20.1 Å². The topological polar surface area (TPSA) is 89.8 Å². The van der Waals surface area contributed by atoms with Crippen molar-refractivity contribution >= 4 is 5.91 Å². The van der Waals surface area contributed by atoms with Gasteiger partial charge in [-0.1, -0.05) is 251 Å². The van der Waals surface area contributed by atoms with E-state index in [1.54, 1.807) is 0 Å². The summed E-state index contributed by atoms with van der Waals surface area (Å²) < 4.78 is 0. The monoisotopic (exact) mass is 724 g/mol. The van der Waals surface area contributed by atoms with Crippen LogP contribution in [-0.2, 0) is 4.79 Å². The Kier molecular flexibility index (Phi) is 41.6. The molecule has 5 nitrogen and oxygen atoms in total. The van der Waals surface area contributed by atoms with Crippen LogP contribution in [0.1, 0.15) is 264 Å². The van der Waals surface area contributed by atoms with Crippen molar-refractivity contribution in [2.45, 2.75) is 283 Å². The summed E-state index contributed by atoms with van der Waals surface area (Å²) in [5, 5.41) is 33.3. The Bertz CT molecular complexity index is 674. The summed E-state index contributed by atoms with van der Waals surface area (Å²) in [4.78, 5) is 12.5. The Morgan fingerprint density at radius 1 is 0.392 bits per heavy atom. The molecule has 0 aromatic carbocycles. The van der Waals surface area contributed by atoms with Gasteiger partial charge in [0.25, 0.3) is 0 Å². The summed E-state index contributed by atoms with van der Waals surface area (Å²) in [7, 11) is 0. The lowest BCUT2D eigenvalue weighted by Crippen LogP contribution is -2.49. The van der Waals surface area contributed by atoms with Crippen LogP contribution in [0.5, 0.6) is 0 Å². The number of carbonyl (C=O) groups is 1. The van der Waals surface area contributed by atoms with Gasteiger partial charge in [-0.2, -0.15) is 0 Å². The quantitative estimate of drug-likeness (QED) is 0.0472. The maximum absolute atomic E-state index is 12.5. The van der Waals surface area contributed by atoms with Crippen LogP contribution >= 0.6 is 0 Å². The van der Waals surface area contributed by atoms with Crippen LogP contribution in [0.2, 0.25) is 0 Å². The number of rotatable bonds is 43. The molecular weight excluding hydrogens is 631 g/mol. The van der Waals surface area contributed by atoms with E-state index >= 15 is 0 Å². The molecule has 0 aliphatic heterocycles. The highest BCUT2D eigenvalue weighted by Crippen LogP contribution is 2.17. The van der Waals surface area contributed by atoms with Gasteiger partial charge in [-0.3, -0.25) is 4.79 Å². The molecule has 0 bridgehead atoms. The summed E-state index contributed by atoms with van der Waals surface area (Å²) in [5.74, 6) is -0.467. The number of aliphatic hydroxyl groups is 3. The highest BCUT2D eigenvalue weighted by atomic mass is 16.3. The zero-order valence-electron chi connectivity index (χ0n) is 34.8. The molecule has 51 heavy (non-hydrogen) atoms. The fraction of sp³-hybridized carbons (Fsp3) is 0.978. The van der Waals surface area contributed by atoms with Crippen LogP contribution < -0.4 is 5.32 Å². The van der Waals surface area contributed by atoms with Crippen molar-refractivity contribution in [1.82, 2.24) is 5.32 Å². The Morgan fingerprint density at radius 3 is 0.882 bits per heavy atom. The minimum atomic E-state index is -1.07. The van der Waals surface area contributed by atoms with Crippen molar-refractivity contribution in [3.8, 4) is 0 Å². The highest BCUT2D eigenvalue weighted by molar-refractivity contribution is 5.80. The number of aliphatic hydroxyl groups excluding tert-OH is 3. The number of hydrogen-bond acceptors (Lipinski definition) is 4. The lowest BCUT2D eigenvalue weighted by atomic mass is 10.0. The van der Waals surface area contributed by atoms with E-state index in [1.165, 1.54) is 205 Å². The summed E-state index contributed by atoms with van der Waals surface area (Å²) in [6.45, 7) is 4.24. The second-order valence-electron chi connectivity index (χ2n) is 16.3. The first-order valence-corrected chi connectivity index (χ1v) is 23.3. The van der Waals surface area contributed by atoms with Crippen molar-refractivity contribution in [2.75, 3.05) is 6.61 Å². The van der Waals surface area contributed by atoms with Crippen molar-refractivity contribution in [1.29, 1.82) is 0 Å². The second kappa shape index (κ2) is 42.1. The minimum absolute atomic E-state index is 0.308. The number of hydrogen-bond donors (Lipinski definition) is 4. The van der Waals surface area contributed by atoms with Gasteiger partial charge in [0.2, 0.25) is 5.91 Å². The van der Waals surface area contributed by atoms with E-state index in [2.05, 4.69) is 19.2 Å². The molecule has 0 aliphatic rings. The predicted molar refractivity (Wildman–Crippen MR) is 222 cm³/mol. The predicted octanol–water partition coefficient (Wildman–Crippen LogP) is 13.4. The van der Waals surface area contributed by atoms with E-state index in [4.69, 9.17) is 0 Å². The maximum Gasteiger partial charge on any atom is 0.249 e. The van der Waals surface area contributed by atoms with Gasteiger partial charge in [-0.15, -0.1) is 0 Å². The Morgan fingerprint density at radius 2 is 0.627 bits per heavy atom. The SMILES string of the molecule is CCCCCCCCCCCCCCCCCCCCCCCCCCCC(O)C(CO)NC(=O)C(O)CCCCCCCCCCCCCC. The Labute approximate surface area is 319 Å². The average Bonchev–Trinajstić information content (AvgIpc) is 3.13. The van der Waals surface area contributed by atoms with Crippen LogP contribution in [0, 0.1) is 0 Å². The van der Waals surface area contributed by atoms with Gasteiger partial charge in [0.15, 0.2) is 0 Å². The molecule has 0 fully saturated rings. The molecule has 0 aromatic rings. The van der Waals surface area contributed by atoms with Crippen LogP contribution in [0.4, 0.5) is 0 Å². The minimum Gasteiger partial charge on any atom is -0.394 e. The largest absolute Gasteiger partial charge is 0.394 e. The van der Waals surface area contributed by atoms with Crippen LogP contribution in [0.25, 0.3) is 0 Å². The van der Waals surface area contributed by atoms with Gasteiger partial charge in [-0.25, -0.2) is 0 Å². The molecule has 3 atom stereocenters. The third kappa shape index (κ3) is 37.5. The van der Waals surface area contributed by atoms with Gasteiger partial charge in [0.05, 0.1) is 18.8 Å². The van der Waals surface area contributed by atoms with E-state index < -0.39 is 24.2 Å². The molecule has 0 spiro atoms. The standard InChI is InChI=1S/C46H93NO4/c1-3-5-7-9-11-13-15-17-18-19-20-21-22-23-24-25-26-27-28-29-31-32-34-36-38-40-44(49)43(42-48)47-46(51)45(50)41-39-37-35-33-30-16-14-12-10-8-6-4-2/h43-45,48-50H,3-42H2,1-2H3,(H,47,51). The van der Waals surface area contributed by atoms with E-state index in [1.807, 2.05) is 0 Å². The van der Waals surface area contributed by atoms with Crippen molar-refractivity contribution in [3.63, 3.8) is 0 Å². The van der Waals surface area contributed by atoms with Crippen LogP contribution in [0.3, 0.4) is 0 Å². The molecule has 0 heterocycles. The summed E-state index contributed by atoms with van der Waals surface area (Å²) in [5.41, 5.74) is 0. The summed E-state index contributed by atoms with van der Waals surface area (Å²) >= 11 is 0. The van der Waals surface area contributed by atoms with Gasteiger partial charge in [0.1, 0.15) is 6.10 Å². The molecule has 0 radical (unpaired) electrons. The van der Waals surface area contributed by atoms with E-state index in [9.17, 15) is 20.1 Å². The van der Waals surface area contributed by atoms with Gasteiger partial charge in [0, 0.05) is 0 Å². The maximum atomic E-state index is 12.5. The van der Waals surface area contributed by atoms with E-state index in [0.29, 0.717) is 12.8 Å². The van der Waals surface area contributed by atoms with Gasteiger partial charge >= 0.3 is 0 Å². The number of unbranched alkanes of at least 4 members (excludes halogenated alkanes) is 35. The van der Waals surface area contributed by atoms with Gasteiger partial charge in [-0.05, 0) is 12.8 Å². The molecule has 5 heteroatoms. The molecule has 4 N–H and O–H groups in total. The Hall–Kier alpha value is -0.650. The molecular formula is C46H93NO4. The van der Waals surface area contributed by atoms with Crippen molar-refractivity contribution in [3.05, 3.63) is 0 Å². The Balaban J connectivity index is 3.51. The normalized spacial score (nSPS) is 13.4. The average molecular weight is 724 g/mol. The first-order chi connectivity index (χ1) is 25.1. The van der Waals surface area contributed by atoms with E-state index in [0.717, 1.165) is 32.1 Å². The second-order valence-corrected chi connectivity index (χ2v) is 16.3. The zero-order chi connectivity index (χ0) is 37.3. The third-order valence-electron chi connectivity index (χ3n) is 11.2. The summed E-state index contributed by atoms with van der Waals surface area (Å²) in [6, 6.07) is -0.705. The fourth-order valence-electron chi connectivity index (χ4n) is 7.55. The third-order valence-corrected chi connectivity index (χ3v) is 11.2. The first kappa shape index (κ1) is 50.4. The smallest absolute Gasteiger partial charge is 0.249 e. The number of carbonyl (C=O) groups excluding carboxylic acids is 1. The first-order valence-electron chi connectivity index (χ1n) is 23.3.